The SMILES string of the molecule is Cl.O=C(Cc1noc(C2(n3cccn3)CCNCC2)n1)Nc1ccccc1. The van der Waals surface area contributed by atoms with Gasteiger partial charge in [0.15, 0.2) is 5.82 Å². The average Bonchev–Trinajstić information content (AvgIpc) is 3.35. The third-order valence-corrected chi connectivity index (χ3v) is 4.62. The zero-order chi connectivity index (χ0) is 17.8. The van der Waals surface area contributed by atoms with E-state index in [2.05, 4.69) is 25.9 Å². The second-order valence-electron chi connectivity index (χ2n) is 6.34. The summed E-state index contributed by atoms with van der Waals surface area (Å²) in [4.78, 5) is 16.7. The zero-order valence-corrected chi connectivity index (χ0v) is 15.5. The van der Waals surface area contributed by atoms with Gasteiger partial charge < -0.3 is 15.2 Å². The highest BCUT2D eigenvalue weighted by Gasteiger charge is 2.41. The number of carbonyl (C=O) groups excluding carboxylic acids is 1. The van der Waals surface area contributed by atoms with Crippen molar-refractivity contribution in [2.24, 2.45) is 0 Å². The molecule has 3 heterocycles. The molecule has 142 valence electrons. The van der Waals surface area contributed by atoms with Gasteiger partial charge in [0.2, 0.25) is 5.91 Å². The zero-order valence-electron chi connectivity index (χ0n) is 14.7. The van der Waals surface area contributed by atoms with Crippen LogP contribution in [0.5, 0.6) is 0 Å². The van der Waals surface area contributed by atoms with Gasteiger partial charge in [0.25, 0.3) is 5.89 Å². The Hall–Kier alpha value is -2.71. The van der Waals surface area contributed by atoms with Crippen molar-refractivity contribution in [3.05, 3.63) is 60.5 Å². The molecule has 0 bridgehead atoms. The Morgan fingerprint density at radius 1 is 1.22 bits per heavy atom. The van der Waals surface area contributed by atoms with Crippen LogP contribution in [0.1, 0.15) is 24.6 Å². The maximum atomic E-state index is 12.2. The lowest BCUT2D eigenvalue weighted by molar-refractivity contribution is -0.115. The van der Waals surface area contributed by atoms with Crippen LogP contribution in [-0.2, 0) is 16.8 Å². The molecule has 0 radical (unpaired) electrons. The number of anilines is 1. The molecule has 8 nitrogen and oxygen atoms in total. The van der Waals surface area contributed by atoms with Crippen molar-refractivity contribution >= 4 is 24.0 Å². The first kappa shape index (κ1) is 19.1. The Bertz CT molecular complexity index is 859. The largest absolute Gasteiger partial charge is 0.337 e. The quantitative estimate of drug-likeness (QED) is 0.693. The minimum absolute atomic E-state index is 0. The highest BCUT2D eigenvalue weighted by molar-refractivity contribution is 5.91. The summed E-state index contributed by atoms with van der Waals surface area (Å²) in [6.45, 7) is 1.68. The lowest BCUT2D eigenvalue weighted by Crippen LogP contribution is -2.45. The van der Waals surface area contributed by atoms with Crippen LogP contribution >= 0.6 is 12.4 Å². The molecule has 2 aromatic heterocycles. The second-order valence-corrected chi connectivity index (χ2v) is 6.34. The molecule has 1 saturated heterocycles. The van der Waals surface area contributed by atoms with Crippen molar-refractivity contribution in [2.75, 3.05) is 18.4 Å². The molecule has 4 rings (SSSR count). The molecule has 3 aromatic rings. The number of piperidine rings is 1. The summed E-state index contributed by atoms with van der Waals surface area (Å²) in [6.07, 6.45) is 5.32. The maximum absolute atomic E-state index is 12.2. The van der Waals surface area contributed by atoms with Crippen LogP contribution in [0.25, 0.3) is 0 Å². The van der Waals surface area contributed by atoms with Crippen molar-refractivity contribution in [3.63, 3.8) is 0 Å². The van der Waals surface area contributed by atoms with Crippen LogP contribution in [0.2, 0.25) is 0 Å². The van der Waals surface area contributed by atoms with Crippen molar-refractivity contribution < 1.29 is 9.32 Å². The first-order valence-corrected chi connectivity index (χ1v) is 8.65. The molecule has 9 heteroatoms. The summed E-state index contributed by atoms with van der Waals surface area (Å²) < 4.78 is 7.44. The normalized spacial score (nSPS) is 15.7. The molecule has 0 atom stereocenters. The molecule has 0 saturated carbocycles. The number of aromatic nitrogens is 4. The van der Waals surface area contributed by atoms with Crippen molar-refractivity contribution in [1.82, 2.24) is 25.2 Å². The number of halogens is 1. The number of benzene rings is 1. The smallest absolute Gasteiger partial charge is 0.254 e. The van der Waals surface area contributed by atoms with Crippen LogP contribution < -0.4 is 10.6 Å². The van der Waals surface area contributed by atoms with E-state index in [-0.39, 0.29) is 24.7 Å². The Morgan fingerprint density at radius 3 is 2.70 bits per heavy atom. The van der Waals surface area contributed by atoms with E-state index in [9.17, 15) is 4.79 Å². The number of hydrogen-bond acceptors (Lipinski definition) is 6. The van der Waals surface area contributed by atoms with Gasteiger partial charge in [-0.25, -0.2) is 0 Å². The second kappa shape index (κ2) is 8.32. The molecule has 0 unspecified atom stereocenters. The van der Waals surface area contributed by atoms with E-state index in [4.69, 9.17) is 4.52 Å². The third kappa shape index (κ3) is 4.01. The fourth-order valence-electron chi connectivity index (χ4n) is 3.29. The first-order chi connectivity index (χ1) is 12.8. The van der Waals surface area contributed by atoms with Crippen LogP contribution in [-0.4, -0.2) is 38.9 Å². The summed E-state index contributed by atoms with van der Waals surface area (Å²) in [7, 11) is 0. The van der Waals surface area contributed by atoms with Crippen molar-refractivity contribution in [1.29, 1.82) is 0 Å². The predicted molar refractivity (Wildman–Crippen MR) is 102 cm³/mol. The summed E-state index contributed by atoms with van der Waals surface area (Å²) in [5.74, 6) is 0.700. The molecular weight excluding hydrogens is 368 g/mol. The van der Waals surface area contributed by atoms with Gasteiger partial charge >= 0.3 is 0 Å². The number of para-hydroxylation sites is 1. The van der Waals surface area contributed by atoms with E-state index < -0.39 is 5.54 Å². The minimum Gasteiger partial charge on any atom is -0.337 e. The summed E-state index contributed by atoms with van der Waals surface area (Å²) in [5, 5.41) is 14.6. The molecule has 0 aliphatic carbocycles. The Labute approximate surface area is 162 Å². The monoisotopic (exact) mass is 388 g/mol. The maximum Gasteiger partial charge on any atom is 0.254 e. The number of carbonyl (C=O) groups is 1. The van der Waals surface area contributed by atoms with Gasteiger partial charge in [-0.1, -0.05) is 23.4 Å². The van der Waals surface area contributed by atoms with Gasteiger partial charge in [0.05, 0.1) is 6.42 Å². The molecule has 0 spiro atoms. The third-order valence-electron chi connectivity index (χ3n) is 4.62. The van der Waals surface area contributed by atoms with E-state index in [0.29, 0.717) is 11.7 Å². The predicted octanol–water partition coefficient (Wildman–Crippen LogP) is 2.00. The number of rotatable bonds is 5. The van der Waals surface area contributed by atoms with Gasteiger partial charge in [-0.3, -0.25) is 9.48 Å². The Morgan fingerprint density at radius 2 is 2.00 bits per heavy atom. The van der Waals surface area contributed by atoms with Gasteiger partial charge in [-0.2, -0.15) is 10.1 Å². The van der Waals surface area contributed by atoms with Gasteiger partial charge in [0, 0.05) is 18.1 Å². The standard InChI is InChI=1S/C18H20N6O2.ClH/c25-16(21-14-5-2-1-3-6-14)13-15-22-17(26-23-15)18(7-10-19-11-8-18)24-12-4-9-20-24;/h1-6,9,12,19H,7-8,10-11,13H2,(H,21,25);1H. The fraction of sp³-hybridized carbons (Fsp3) is 0.333. The molecule has 27 heavy (non-hydrogen) atoms. The van der Waals surface area contributed by atoms with Gasteiger partial charge in [-0.15, -0.1) is 12.4 Å². The minimum atomic E-state index is -0.462. The summed E-state index contributed by atoms with van der Waals surface area (Å²) in [6, 6.07) is 11.2. The van der Waals surface area contributed by atoms with Crippen LogP contribution in [0.15, 0.2) is 53.3 Å². The summed E-state index contributed by atoms with van der Waals surface area (Å²) in [5.41, 5.74) is 0.281. The van der Waals surface area contributed by atoms with Crippen LogP contribution in [0, 0.1) is 0 Å². The first-order valence-electron chi connectivity index (χ1n) is 8.65. The molecule has 2 N–H and O–H groups in total. The van der Waals surface area contributed by atoms with Crippen molar-refractivity contribution in [3.8, 4) is 0 Å². The van der Waals surface area contributed by atoms with E-state index in [1.54, 1.807) is 6.20 Å². The highest BCUT2D eigenvalue weighted by atomic mass is 35.5. The number of amides is 1. The van der Waals surface area contributed by atoms with Crippen molar-refractivity contribution in [2.45, 2.75) is 24.8 Å². The van der Waals surface area contributed by atoms with Crippen LogP contribution in [0.4, 0.5) is 5.69 Å². The van der Waals surface area contributed by atoms with E-state index in [0.717, 1.165) is 31.6 Å². The van der Waals surface area contributed by atoms with E-state index in [1.165, 1.54) is 0 Å². The van der Waals surface area contributed by atoms with Crippen LogP contribution in [0.3, 0.4) is 0 Å². The molecule has 1 aliphatic heterocycles. The molecular formula is C18H21ClN6O2. The lowest BCUT2D eigenvalue weighted by Gasteiger charge is -2.34. The Balaban J connectivity index is 0.00000210. The lowest BCUT2D eigenvalue weighted by atomic mass is 9.88. The molecule has 1 aromatic carbocycles. The van der Waals surface area contributed by atoms with Gasteiger partial charge in [0.1, 0.15) is 5.54 Å². The Kier molecular flexibility index (Phi) is 5.88. The highest BCUT2D eigenvalue weighted by Crippen LogP contribution is 2.33. The number of nitrogens with zero attached hydrogens (tertiary/aromatic N) is 4. The topological polar surface area (TPSA) is 97.9 Å². The number of nitrogens with one attached hydrogen (secondary N) is 2. The van der Waals surface area contributed by atoms with E-state index >= 15 is 0 Å². The molecule has 1 fully saturated rings. The van der Waals surface area contributed by atoms with Gasteiger partial charge in [-0.05, 0) is 44.1 Å². The molecule has 1 amide bonds. The average molecular weight is 389 g/mol. The fourth-order valence-corrected chi connectivity index (χ4v) is 3.29. The molecule has 1 aliphatic rings. The van der Waals surface area contributed by atoms with E-state index in [1.807, 2.05) is 47.3 Å². The number of hydrogen-bond donors (Lipinski definition) is 2. The summed E-state index contributed by atoms with van der Waals surface area (Å²) >= 11 is 0.